The van der Waals surface area contributed by atoms with Gasteiger partial charge in [0.25, 0.3) is 0 Å². The lowest BCUT2D eigenvalue weighted by atomic mass is 10.1. The van der Waals surface area contributed by atoms with E-state index in [2.05, 4.69) is 29.3 Å². The van der Waals surface area contributed by atoms with Crippen molar-refractivity contribution in [1.29, 1.82) is 0 Å². The molecular formula is C11H19N3S. The van der Waals surface area contributed by atoms with Crippen LogP contribution in [0.15, 0.2) is 18.3 Å². The zero-order chi connectivity index (χ0) is 11.3. The molecule has 3 nitrogen and oxygen atoms in total. The van der Waals surface area contributed by atoms with Gasteiger partial charge in [0.15, 0.2) is 0 Å². The van der Waals surface area contributed by atoms with Crippen LogP contribution in [-0.4, -0.2) is 30.6 Å². The van der Waals surface area contributed by atoms with Crippen LogP contribution in [0.4, 0.5) is 5.82 Å². The standard InChI is InChI=1S/C11H19N3S/c1-9(12)10-4-5-13-11(8-10)14(2)6-7-15-3/h4-5,8-9H,6-7,12H2,1-3H3. The molecule has 1 aromatic heterocycles. The Balaban J connectivity index is 2.71. The van der Waals surface area contributed by atoms with E-state index in [0.29, 0.717) is 0 Å². The first-order valence-electron chi connectivity index (χ1n) is 5.06. The molecular weight excluding hydrogens is 206 g/mol. The summed E-state index contributed by atoms with van der Waals surface area (Å²) >= 11 is 1.84. The SMILES string of the molecule is CSCCN(C)c1cc(C(C)N)ccn1. The Morgan fingerprint density at radius 3 is 2.93 bits per heavy atom. The van der Waals surface area contributed by atoms with Gasteiger partial charge in [-0.1, -0.05) is 0 Å². The van der Waals surface area contributed by atoms with Gasteiger partial charge in [0.1, 0.15) is 5.82 Å². The Morgan fingerprint density at radius 2 is 2.33 bits per heavy atom. The monoisotopic (exact) mass is 225 g/mol. The second kappa shape index (κ2) is 5.98. The highest BCUT2D eigenvalue weighted by atomic mass is 32.2. The van der Waals surface area contributed by atoms with Gasteiger partial charge in [-0.15, -0.1) is 0 Å². The molecule has 0 aromatic carbocycles. The maximum absolute atomic E-state index is 5.83. The van der Waals surface area contributed by atoms with E-state index in [1.54, 1.807) is 0 Å². The molecule has 0 aliphatic carbocycles. The van der Waals surface area contributed by atoms with Crippen molar-refractivity contribution < 1.29 is 0 Å². The van der Waals surface area contributed by atoms with Crippen molar-refractivity contribution in [3.63, 3.8) is 0 Å². The minimum atomic E-state index is 0.0701. The van der Waals surface area contributed by atoms with Gasteiger partial charge in [-0.3, -0.25) is 0 Å². The summed E-state index contributed by atoms with van der Waals surface area (Å²) < 4.78 is 0. The number of nitrogens with two attached hydrogens (primary N) is 1. The third-order valence-electron chi connectivity index (χ3n) is 2.32. The smallest absolute Gasteiger partial charge is 0.128 e. The van der Waals surface area contributed by atoms with Crippen LogP contribution >= 0.6 is 11.8 Å². The lowest BCUT2D eigenvalue weighted by molar-refractivity contribution is 0.811. The Bertz CT molecular complexity index is 302. The summed E-state index contributed by atoms with van der Waals surface area (Å²) in [6, 6.07) is 4.10. The molecule has 0 aliphatic rings. The second-order valence-corrected chi connectivity index (χ2v) is 4.64. The average molecular weight is 225 g/mol. The highest BCUT2D eigenvalue weighted by Gasteiger charge is 2.05. The van der Waals surface area contributed by atoms with Crippen LogP contribution in [0.5, 0.6) is 0 Å². The van der Waals surface area contributed by atoms with Crippen LogP contribution in [-0.2, 0) is 0 Å². The predicted molar refractivity (Wildman–Crippen MR) is 68.5 cm³/mol. The fourth-order valence-corrected chi connectivity index (χ4v) is 1.73. The minimum Gasteiger partial charge on any atom is -0.359 e. The summed E-state index contributed by atoms with van der Waals surface area (Å²) in [7, 11) is 2.06. The molecule has 84 valence electrons. The van der Waals surface area contributed by atoms with Crippen molar-refractivity contribution in [3.8, 4) is 0 Å². The number of thioether (sulfide) groups is 1. The van der Waals surface area contributed by atoms with E-state index >= 15 is 0 Å². The fourth-order valence-electron chi connectivity index (χ4n) is 1.27. The number of anilines is 1. The molecule has 1 atom stereocenters. The summed E-state index contributed by atoms with van der Waals surface area (Å²) in [5.41, 5.74) is 6.97. The fraction of sp³-hybridized carbons (Fsp3) is 0.545. The topological polar surface area (TPSA) is 42.1 Å². The Kier molecular flexibility index (Phi) is 4.91. The van der Waals surface area contributed by atoms with Gasteiger partial charge in [0, 0.05) is 31.6 Å². The van der Waals surface area contributed by atoms with E-state index in [9.17, 15) is 0 Å². The van der Waals surface area contributed by atoms with Crippen LogP contribution in [0.1, 0.15) is 18.5 Å². The first-order valence-corrected chi connectivity index (χ1v) is 6.46. The van der Waals surface area contributed by atoms with Gasteiger partial charge >= 0.3 is 0 Å². The molecule has 0 saturated heterocycles. The Morgan fingerprint density at radius 1 is 1.60 bits per heavy atom. The molecule has 0 radical (unpaired) electrons. The zero-order valence-electron chi connectivity index (χ0n) is 9.60. The van der Waals surface area contributed by atoms with Crippen molar-refractivity contribution in [2.24, 2.45) is 5.73 Å². The number of hydrogen-bond acceptors (Lipinski definition) is 4. The first-order chi connectivity index (χ1) is 7.15. The molecule has 0 aliphatic heterocycles. The average Bonchev–Trinajstić information content (AvgIpc) is 2.26. The van der Waals surface area contributed by atoms with E-state index in [1.807, 2.05) is 30.9 Å². The van der Waals surface area contributed by atoms with E-state index in [0.717, 1.165) is 23.7 Å². The highest BCUT2D eigenvalue weighted by Crippen LogP contribution is 2.15. The number of rotatable bonds is 5. The maximum Gasteiger partial charge on any atom is 0.128 e. The molecule has 1 heterocycles. The third-order valence-corrected chi connectivity index (χ3v) is 2.91. The summed E-state index contributed by atoms with van der Waals surface area (Å²) in [6.45, 7) is 3.00. The predicted octanol–water partition coefficient (Wildman–Crippen LogP) is 1.90. The Labute approximate surface area is 96.1 Å². The maximum atomic E-state index is 5.83. The summed E-state index contributed by atoms with van der Waals surface area (Å²) in [5, 5.41) is 0. The van der Waals surface area contributed by atoms with Gasteiger partial charge < -0.3 is 10.6 Å². The summed E-state index contributed by atoms with van der Waals surface area (Å²) in [5.74, 6) is 2.11. The van der Waals surface area contributed by atoms with Crippen molar-refractivity contribution in [2.75, 3.05) is 30.5 Å². The van der Waals surface area contributed by atoms with Crippen molar-refractivity contribution >= 4 is 17.6 Å². The molecule has 0 bridgehead atoms. The lowest BCUT2D eigenvalue weighted by Crippen LogP contribution is -2.21. The largest absolute Gasteiger partial charge is 0.359 e. The van der Waals surface area contributed by atoms with Gasteiger partial charge in [0.2, 0.25) is 0 Å². The van der Waals surface area contributed by atoms with E-state index in [-0.39, 0.29) is 6.04 Å². The van der Waals surface area contributed by atoms with Crippen LogP contribution in [0.2, 0.25) is 0 Å². The molecule has 1 rings (SSSR count). The van der Waals surface area contributed by atoms with Crippen LogP contribution in [0.25, 0.3) is 0 Å². The molecule has 1 unspecified atom stereocenters. The molecule has 1 aromatic rings. The molecule has 4 heteroatoms. The quantitative estimate of drug-likeness (QED) is 0.831. The summed E-state index contributed by atoms with van der Waals surface area (Å²) in [6.07, 6.45) is 3.93. The van der Waals surface area contributed by atoms with Gasteiger partial charge in [0.05, 0.1) is 0 Å². The van der Waals surface area contributed by atoms with Gasteiger partial charge in [-0.05, 0) is 30.9 Å². The van der Waals surface area contributed by atoms with Gasteiger partial charge in [-0.2, -0.15) is 11.8 Å². The highest BCUT2D eigenvalue weighted by molar-refractivity contribution is 7.98. The van der Waals surface area contributed by atoms with E-state index < -0.39 is 0 Å². The van der Waals surface area contributed by atoms with E-state index in [1.165, 1.54) is 0 Å². The first kappa shape index (κ1) is 12.3. The van der Waals surface area contributed by atoms with Crippen LogP contribution < -0.4 is 10.6 Å². The van der Waals surface area contributed by atoms with E-state index in [4.69, 9.17) is 5.73 Å². The molecule has 0 fully saturated rings. The van der Waals surface area contributed by atoms with Crippen LogP contribution in [0.3, 0.4) is 0 Å². The molecule has 0 spiro atoms. The van der Waals surface area contributed by atoms with Crippen molar-refractivity contribution in [3.05, 3.63) is 23.9 Å². The lowest BCUT2D eigenvalue weighted by Gasteiger charge is -2.18. The number of pyridine rings is 1. The molecule has 0 amide bonds. The van der Waals surface area contributed by atoms with Crippen molar-refractivity contribution in [2.45, 2.75) is 13.0 Å². The Hall–Kier alpha value is -0.740. The number of aromatic nitrogens is 1. The normalized spacial score (nSPS) is 12.5. The van der Waals surface area contributed by atoms with Crippen LogP contribution in [0, 0.1) is 0 Å². The number of hydrogen-bond donors (Lipinski definition) is 1. The third kappa shape index (κ3) is 3.72. The van der Waals surface area contributed by atoms with Gasteiger partial charge in [-0.25, -0.2) is 4.98 Å². The molecule has 0 saturated carbocycles. The number of nitrogens with zero attached hydrogens (tertiary/aromatic N) is 2. The second-order valence-electron chi connectivity index (χ2n) is 3.65. The zero-order valence-corrected chi connectivity index (χ0v) is 10.4. The minimum absolute atomic E-state index is 0.0701. The molecule has 2 N–H and O–H groups in total. The molecule has 15 heavy (non-hydrogen) atoms. The van der Waals surface area contributed by atoms with Crippen molar-refractivity contribution in [1.82, 2.24) is 4.98 Å². The summed E-state index contributed by atoms with van der Waals surface area (Å²) in [4.78, 5) is 6.49.